The van der Waals surface area contributed by atoms with Gasteiger partial charge in [0, 0.05) is 25.5 Å². The molecule has 0 saturated heterocycles. The van der Waals surface area contributed by atoms with Crippen molar-refractivity contribution in [2.24, 2.45) is 0 Å². The van der Waals surface area contributed by atoms with E-state index in [4.69, 9.17) is 0 Å². The third-order valence-corrected chi connectivity index (χ3v) is 2.04. The van der Waals surface area contributed by atoms with Crippen molar-refractivity contribution < 1.29 is 13.5 Å². The van der Waals surface area contributed by atoms with Crippen LogP contribution in [0.4, 0.5) is 14.6 Å². The second-order valence-corrected chi connectivity index (χ2v) is 3.26. The quantitative estimate of drug-likeness (QED) is 0.729. The molecule has 0 aliphatic carbocycles. The van der Waals surface area contributed by atoms with Crippen molar-refractivity contribution in [1.29, 1.82) is 0 Å². The van der Waals surface area contributed by atoms with Gasteiger partial charge in [0.05, 0.1) is 6.61 Å². The number of aromatic nitrogens is 2. The fourth-order valence-electron chi connectivity index (χ4n) is 1.23. The number of anilines is 1. The molecule has 96 valence electrons. The van der Waals surface area contributed by atoms with E-state index >= 15 is 0 Å². The predicted octanol–water partition coefficient (Wildman–Crippen LogP) is 0.957. The molecule has 0 aliphatic rings. The fourth-order valence-corrected chi connectivity index (χ4v) is 1.23. The first-order valence-electron chi connectivity index (χ1n) is 5.30. The van der Waals surface area contributed by atoms with Crippen molar-refractivity contribution in [3.63, 3.8) is 0 Å². The van der Waals surface area contributed by atoms with Crippen molar-refractivity contribution in [2.45, 2.75) is 19.9 Å². The summed E-state index contributed by atoms with van der Waals surface area (Å²) in [6.07, 6.45) is 0.621. The van der Waals surface area contributed by atoms with E-state index in [1.54, 1.807) is 6.20 Å². The normalized spacial score (nSPS) is 10.8. The molecule has 0 radical (unpaired) electrons. The number of nitrogens with zero attached hydrogens (tertiary/aromatic N) is 2. The Labute approximate surface area is 97.4 Å². The predicted molar refractivity (Wildman–Crippen MR) is 59.5 cm³/mol. The van der Waals surface area contributed by atoms with E-state index in [1.165, 1.54) is 10.8 Å². The number of aryl methyl sites for hydroxylation is 1. The molecule has 0 spiro atoms. The molecular formula is C10H15F2N3O2. The number of hydrogen-bond donors (Lipinski definition) is 1. The van der Waals surface area contributed by atoms with Crippen LogP contribution >= 0.6 is 0 Å². The van der Waals surface area contributed by atoms with Gasteiger partial charge in [0.2, 0.25) is 0 Å². The minimum atomic E-state index is -2.47. The van der Waals surface area contributed by atoms with Crippen LogP contribution in [0.25, 0.3) is 0 Å². The largest absolute Gasteiger partial charge is 0.374 e. The maximum absolute atomic E-state index is 11.7. The zero-order valence-electron chi connectivity index (χ0n) is 9.53. The minimum Gasteiger partial charge on any atom is -0.374 e. The Kier molecular flexibility index (Phi) is 5.55. The minimum absolute atomic E-state index is 0.104. The molecule has 1 heterocycles. The number of halogens is 2. The van der Waals surface area contributed by atoms with E-state index in [0.29, 0.717) is 6.54 Å². The van der Waals surface area contributed by atoms with E-state index in [9.17, 15) is 13.6 Å². The first kappa shape index (κ1) is 13.6. The van der Waals surface area contributed by atoms with Crippen LogP contribution in [0.3, 0.4) is 0 Å². The average molecular weight is 247 g/mol. The van der Waals surface area contributed by atoms with E-state index in [2.05, 4.69) is 15.0 Å². The molecule has 1 rings (SSSR count). The van der Waals surface area contributed by atoms with Gasteiger partial charge in [-0.15, -0.1) is 0 Å². The molecule has 1 aromatic heterocycles. The summed E-state index contributed by atoms with van der Waals surface area (Å²) < 4.78 is 29.6. The maximum atomic E-state index is 11.7. The third kappa shape index (κ3) is 4.48. The molecule has 0 aliphatic heterocycles. The lowest BCUT2D eigenvalue weighted by atomic mass is 10.5. The second-order valence-electron chi connectivity index (χ2n) is 3.26. The van der Waals surface area contributed by atoms with Crippen LogP contribution in [0.15, 0.2) is 17.2 Å². The zero-order chi connectivity index (χ0) is 12.7. The standard InChI is InChI=1S/C10H15F2N3O2/c1-2-15-5-3-13-9(10(15)16)14-4-6-17-7-8(11)12/h3,5,8H,2,4,6-7H2,1H3,(H,13,14). The van der Waals surface area contributed by atoms with Crippen LogP contribution in [-0.2, 0) is 11.3 Å². The van der Waals surface area contributed by atoms with Crippen LogP contribution in [0.1, 0.15) is 6.92 Å². The van der Waals surface area contributed by atoms with Gasteiger partial charge in [0.25, 0.3) is 12.0 Å². The first-order chi connectivity index (χ1) is 8.15. The second kappa shape index (κ2) is 6.95. The van der Waals surface area contributed by atoms with Crippen molar-refractivity contribution in [2.75, 3.05) is 25.1 Å². The molecule has 0 atom stereocenters. The van der Waals surface area contributed by atoms with E-state index < -0.39 is 13.0 Å². The van der Waals surface area contributed by atoms with Gasteiger partial charge in [-0.2, -0.15) is 0 Å². The summed E-state index contributed by atoms with van der Waals surface area (Å²) in [6, 6.07) is 0. The zero-order valence-corrected chi connectivity index (χ0v) is 9.53. The smallest absolute Gasteiger partial charge is 0.293 e. The molecule has 0 aromatic carbocycles. The third-order valence-electron chi connectivity index (χ3n) is 2.04. The highest BCUT2D eigenvalue weighted by Crippen LogP contribution is 1.94. The summed E-state index contributed by atoms with van der Waals surface area (Å²) in [6.45, 7) is 2.17. The summed E-state index contributed by atoms with van der Waals surface area (Å²) in [5, 5.41) is 2.75. The molecule has 0 fully saturated rings. The van der Waals surface area contributed by atoms with E-state index in [1.807, 2.05) is 6.92 Å². The van der Waals surface area contributed by atoms with Crippen LogP contribution in [-0.4, -0.2) is 35.7 Å². The molecule has 1 aromatic rings. The van der Waals surface area contributed by atoms with Crippen LogP contribution in [0.5, 0.6) is 0 Å². The summed E-state index contributed by atoms with van der Waals surface area (Å²) in [5.41, 5.74) is -0.233. The highest BCUT2D eigenvalue weighted by atomic mass is 19.3. The Morgan fingerprint density at radius 1 is 1.59 bits per heavy atom. The molecule has 7 heteroatoms. The lowest BCUT2D eigenvalue weighted by Gasteiger charge is -2.07. The summed E-state index contributed by atoms with van der Waals surface area (Å²) >= 11 is 0. The first-order valence-corrected chi connectivity index (χ1v) is 5.30. The Bertz CT molecular complexity index is 395. The van der Waals surface area contributed by atoms with E-state index in [0.717, 1.165) is 0 Å². The SMILES string of the molecule is CCn1ccnc(NCCOCC(F)F)c1=O. The molecular weight excluding hydrogens is 232 g/mol. The van der Waals surface area contributed by atoms with Gasteiger partial charge in [0.1, 0.15) is 6.61 Å². The van der Waals surface area contributed by atoms with E-state index in [-0.39, 0.29) is 24.5 Å². The van der Waals surface area contributed by atoms with Gasteiger partial charge < -0.3 is 14.6 Å². The lowest BCUT2D eigenvalue weighted by Crippen LogP contribution is -2.25. The summed E-state index contributed by atoms with van der Waals surface area (Å²) in [7, 11) is 0. The van der Waals surface area contributed by atoms with Crippen molar-refractivity contribution in [3.8, 4) is 0 Å². The highest BCUT2D eigenvalue weighted by molar-refractivity contribution is 5.30. The van der Waals surface area contributed by atoms with Gasteiger partial charge in [-0.25, -0.2) is 13.8 Å². The van der Waals surface area contributed by atoms with Crippen molar-refractivity contribution in [1.82, 2.24) is 9.55 Å². The molecule has 1 N–H and O–H groups in total. The molecule has 0 unspecified atom stereocenters. The number of alkyl halides is 2. The van der Waals surface area contributed by atoms with Gasteiger partial charge in [-0.3, -0.25) is 4.79 Å². The highest BCUT2D eigenvalue weighted by Gasteiger charge is 2.04. The van der Waals surface area contributed by atoms with Crippen molar-refractivity contribution in [3.05, 3.63) is 22.7 Å². The lowest BCUT2D eigenvalue weighted by molar-refractivity contribution is 0.0214. The average Bonchev–Trinajstić information content (AvgIpc) is 2.30. The Morgan fingerprint density at radius 2 is 2.35 bits per heavy atom. The number of rotatable bonds is 7. The van der Waals surface area contributed by atoms with Crippen molar-refractivity contribution >= 4 is 5.82 Å². The Morgan fingerprint density at radius 3 is 3.00 bits per heavy atom. The number of nitrogens with one attached hydrogen (secondary N) is 1. The van der Waals surface area contributed by atoms with Gasteiger partial charge in [-0.05, 0) is 6.92 Å². The van der Waals surface area contributed by atoms with Gasteiger partial charge in [-0.1, -0.05) is 0 Å². The monoisotopic (exact) mass is 247 g/mol. The Balaban J connectivity index is 2.39. The fraction of sp³-hybridized carbons (Fsp3) is 0.600. The molecule has 17 heavy (non-hydrogen) atoms. The maximum Gasteiger partial charge on any atom is 0.293 e. The number of ether oxygens (including phenoxy) is 1. The Hall–Kier alpha value is -1.50. The summed E-state index contributed by atoms with van der Waals surface area (Å²) in [5.74, 6) is 0.204. The van der Waals surface area contributed by atoms with Crippen LogP contribution < -0.4 is 10.9 Å². The molecule has 0 bridgehead atoms. The van der Waals surface area contributed by atoms with Gasteiger partial charge in [0.15, 0.2) is 5.82 Å². The molecule has 0 saturated carbocycles. The molecule has 5 nitrogen and oxygen atoms in total. The summed E-state index contributed by atoms with van der Waals surface area (Å²) in [4.78, 5) is 15.5. The van der Waals surface area contributed by atoms with Gasteiger partial charge >= 0.3 is 0 Å². The topological polar surface area (TPSA) is 56.1 Å². The molecule has 0 amide bonds. The van der Waals surface area contributed by atoms with Crippen LogP contribution in [0, 0.1) is 0 Å². The van der Waals surface area contributed by atoms with Crippen LogP contribution in [0.2, 0.25) is 0 Å². The number of hydrogen-bond acceptors (Lipinski definition) is 4.